The van der Waals surface area contributed by atoms with Gasteiger partial charge in [0, 0.05) is 10.9 Å². The van der Waals surface area contributed by atoms with E-state index in [2.05, 4.69) is 52.3 Å². The largest absolute Gasteiger partial charge is 0.303 e. The quantitative estimate of drug-likeness (QED) is 0.769. The first-order valence-electron chi connectivity index (χ1n) is 5.58. The van der Waals surface area contributed by atoms with Crippen LogP contribution in [-0.2, 0) is 11.2 Å². The Balaban J connectivity index is 2.17. The van der Waals surface area contributed by atoms with E-state index < -0.39 is 0 Å². The first-order chi connectivity index (χ1) is 8.29. The zero-order valence-electron chi connectivity index (χ0n) is 9.40. The lowest BCUT2D eigenvalue weighted by atomic mass is 10.0. The first kappa shape index (κ1) is 12.1. The molecule has 86 valence electrons. The van der Waals surface area contributed by atoms with E-state index in [0.717, 1.165) is 17.2 Å². The predicted octanol–water partition coefficient (Wildman–Crippen LogP) is 4.25. The van der Waals surface area contributed by atoms with Gasteiger partial charge in [-0.05, 0) is 35.2 Å². The van der Waals surface area contributed by atoms with Gasteiger partial charge in [-0.1, -0.05) is 52.3 Å². The maximum Gasteiger partial charge on any atom is 0.120 e. The predicted molar refractivity (Wildman–Crippen MR) is 74.0 cm³/mol. The average Bonchev–Trinajstić information content (AvgIpc) is 2.38. The van der Waals surface area contributed by atoms with Crippen molar-refractivity contribution in [3.63, 3.8) is 0 Å². The van der Waals surface area contributed by atoms with Crippen molar-refractivity contribution in [2.75, 3.05) is 0 Å². The molecule has 0 saturated carbocycles. The highest BCUT2D eigenvalue weighted by molar-refractivity contribution is 9.10. The SMILES string of the molecule is O=CCCc1ccc(-c2ccc(Br)cc2)cc1. The van der Waals surface area contributed by atoms with Crippen LogP contribution in [0.1, 0.15) is 12.0 Å². The average molecular weight is 289 g/mol. The Morgan fingerprint density at radius 3 is 1.94 bits per heavy atom. The molecule has 0 aromatic heterocycles. The monoisotopic (exact) mass is 288 g/mol. The van der Waals surface area contributed by atoms with E-state index in [-0.39, 0.29) is 0 Å². The van der Waals surface area contributed by atoms with Crippen LogP contribution in [0.15, 0.2) is 53.0 Å². The van der Waals surface area contributed by atoms with Crippen LogP contribution in [0.2, 0.25) is 0 Å². The molecule has 0 fully saturated rings. The van der Waals surface area contributed by atoms with Gasteiger partial charge in [-0.3, -0.25) is 0 Å². The lowest BCUT2D eigenvalue weighted by molar-refractivity contribution is -0.107. The lowest BCUT2D eigenvalue weighted by Gasteiger charge is -2.03. The van der Waals surface area contributed by atoms with E-state index in [1.54, 1.807) is 0 Å². The smallest absolute Gasteiger partial charge is 0.120 e. The van der Waals surface area contributed by atoms with Gasteiger partial charge in [-0.15, -0.1) is 0 Å². The number of aryl methyl sites for hydroxylation is 1. The number of hydrogen-bond donors (Lipinski definition) is 0. The van der Waals surface area contributed by atoms with Gasteiger partial charge in [0.15, 0.2) is 0 Å². The van der Waals surface area contributed by atoms with Crippen molar-refractivity contribution in [2.45, 2.75) is 12.8 Å². The number of rotatable bonds is 4. The van der Waals surface area contributed by atoms with E-state index in [9.17, 15) is 4.79 Å². The minimum atomic E-state index is 0.595. The standard InChI is InChI=1S/C15H13BrO/c16-15-9-7-14(8-10-15)13-5-3-12(4-6-13)2-1-11-17/h3-11H,1-2H2. The Kier molecular flexibility index (Phi) is 4.10. The summed E-state index contributed by atoms with van der Waals surface area (Å²) in [7, 11) is 0. The van der Waals surface area contributed by atoms with Gasteiger partial charge in [0.1, 0.15) is 6.29 Å². The van der Waals surface area contributed by atoms with Crippen LogP contribution in [0.25, 0.3) is 11.1 Å². The zero-order valence-corrected chi connectivity index (χ0v) is 11.0. The summed E-state index contributed by atoms with van der Waals surface area (Å²) in [5.41, 5.74) is 3.61. The summed E-state index contributed by atoms with van der Waals surface area (Å²) in [6.07, 6.45) is 2.38. The fourth-order valence-corrected chi connectivity index (χ4v) is 2.00. The molecule has 0 N–H and O–H groups in total. The van der Waals surface area contributed by atoms with Crippen LogP contribution in [0, 0.1) is 0 Å². The maximum atomic E-state index is 10.3. The van der Waals surface area contributed by atoms with Gasteiger partial charge in [0.05, 0.1) is 0 Å². The molecule has 0 bridgehead atoms. The third kappa shape index (κ3) is 3.27. The Hall–Kier alpha value is -1.41. The molecule has 0 spiro atoms. The number of carbonyl (C=O) groups excluding carboxylic acids is 1. The van der Waals surface area contributed by atoms with Crippen molar-refractivity contribution in [3.05, 3.63) is 58.6 Å². The van der Waals surface area contributed by atoms with Crippen LogP contribution >= 0.6 is 15.9 Å². The Labute approximate surface area is 110 Å². The van der Waals surface area contributed by atoms with Gasteiger partial charge in [-0.25, -0.2) is 0 Å². The van der Waals surface area contributed by atoms with Gasteiger partial charge in [-0.2, -0.15) is 0 Å². The maximum absolute atomic E-state index is 10.3. The molecule has 0 aliphatic carbocycles. The highest BCUT2D eigenvalue weighted by atomic mass is 79.9. The molecule has 0 heterocycles. The van der Waals surface area contributed by atoms with Crippen LogP contribution in [-0.4, -0.2) is 6.29 Å². The molecule has 0 aliphatic heterocycles. The number of hydrogen-bond acceptors (Lipinski definition) is 1. The second-order valence-corrected chi connectivity index (χ2v) is 4.82. The molecule has 2 aromatic rings. The molecular weight excluding hydrogens is 276 g/mol. The molecule has 0 radical (unpaired) electrons. The minimum absolute atomic E-state index is 0.595. The van der Waals surface area contributed by atoms with Crippen molar-refractivity contribution in [1.29, 1.82) is 0 Å². The van der Waals surface area contributed by atoms with Gasteiger partial charge >= 0.3 is 0 Å². The van der Waals surface area contributed by atoms with Crippen LogP contribution in [0.3, 0.4) is 0 Å². The second-order valence-electron chi connectivity index (χ2n) is 3.91. The van der Waals surface area contributed by atoms with Crippen LogP contribution in [0.5, 0.6) is 0 Å². The summed E-state index contributed by atoms with van der Waals surface area (Å²) < 4.78 is 1.09. The molecule has 0 amide bonds. The number of benzene rings is 2. The van der Waals surface area contributed by atoms with Gasteiger partial charge in [0.25, 0.3) is 0 Å². The van der Waals surface area contributed by atoms with E-state index in [1.807, 2.05) is 12.1 Å². The summed E-state index contributed by atoms with van der Waals surface area (Å²) in [6.45, 7) is 0. The molecule has 0 atom stereocenters. The van der Waals surface area contributed by atoms with E-state index in [4.69, 9.17) is 0 Å². The van der Waals surface area contributed by atoms with E-state index >= 15 is 0 Å². The minimum Gasteiger partial charge on any atom is -0.303 e. The molecule has 2 rings (SSSR count). The van der Waals surface area contributed by atoms with E-state index in [0.29, 0.717) is 6.42 Å². The molecule has 17 heavy (non-hydrogen) atoms. The first-order valence-corrected chi connectivity index (χ1v) is 6.37. The van der Waals surface area contributed by atoms with Gasteiger partial charge < -0.3 is 4.79 Å². The number of carbonyl (C=O) groups is 1. The van der Waals surface area contributed by atoms with Crippen LogP contribution < -0.4 is 0 Å². The van der Waals surface area contributed by atoms with Gasteiger partial charge in [0.2, 0.25) is 0 Å². The Bertz CT molecular complexity index is 485. The Morgan fingerprint density at radius 2 is 1.41 bits per heavy atom. The van der Waals surface area contributed by atoms with Crippen molar-refractivity contribution >= 4 is 22.2 Å². The summed E-state index contributed by atoms with van der Waals surface area (Å²) >= 11 is 3.42. The summed E-state index contributed by atoms with van der Waals surface area (Å²) in [5, 5.41) is 0. The van der Waals surface area contributed by atoms with Crippen LogP contribution in [0.4, 0.5) is 0 Å². The lowest BCUT2D eigenvalue weighted by Crippen LogP contribution is -1.86. The summed E-state index contributed by atoms with van der Waals surface area (Å²) in [4.78, 5) is 10.3. The molecule has 2 heteroatoms. The molecule has 1 nitrogen and oxygen atoms in total. The van der Waals surface area contributed by atoms with Crippen molar-refractivity contribution in [3.8, 4) is 11.1 Å². The molecule has 0 unspecified atom stereocenters. The van der Waals surface area contributed by atoms with E-state index in [1.165, 1.54) is 16.7 Å². The number of halogens is 1. The van der Waals surface area contributed by atoms with Crippen molar-refractivity contribution in [2.24, 2.45) is 0 Å². The zero-order chi connectivity index (χ0) is 12.1. The normalized spacial score (nSPS) is 10.2. The highest BCUT2D eigenvalue weighted by Gasteiger charge is 1.98. The molecule has 2 aromatic carbocycles. The highest BCUT2D eigenvalue weighted by Crippen LogP contribution is 2.22. The molecule has 0 saturated heterocycles. The molecular formula is C15H13BrO. The topological polar surface area (TPSA) is 17.1 Å². The van der Waals surface area contributed by atoms with Crippen molar-refractivity contribution < 1.29 is 4.79 Å². The third-order valence-electron chi connectivity index (χ3n) is 2.68. The molecule has 0 aliphatic rings. The summed E-state index contributed by atoms with van der Waals surface area (Å²) in [6, 6.07) is 16.6. The number of aldehydes is 1. The van der Waals surface area contributed by atoms with Crippen molar-refractivity contribution in [1.82, 2.24) is 0 Å². The summed E-state index contributed by atoms with van der Waals surface area (Å²) in [5.74, 6) is 0. The fraction of sp³-hybridized carbons (Fsp3) is 0.133. The fourth-order valence-electron chi connectivity index (χ4n) is 1.73. The second kappa shape index (κ2) is 5.78. The Morgan fingerprint density at radius 1 is 0.882 bits per heavy atom. The third-order valence-corrected chi connectivity index (χ3v) is 3.21.